The van der Waals surface area contributed by atoms with E-state index in [2.05, 4.69) is 53.3 Å². The molecular formula is C41H52N6O5S. The second-order valence-corrected chi connectivity index (χ2v) is 17.6. The maximum Gasteiger partial charge on any atom is 0.264 e. The van der Waals surface area contributed by atoms with Crippen molar-refractivity contribution in [3.05, 3.63) is 70.5 Å². The molecule has 53 heavy (non-hydrogen) atoms. The molecule has 2 aromatic carbocycles. The normalized spacial score (nSPS) is 19.8. The number of allylic oxidation sites excluding steroid dienone is 1. The summed E-state index contributed by atoms with van der Waals surface area (Å²) in [5.74, 6) is 0.361. The molecule has 3 aliphatic rings. The summed E-state index contributed by atoms with van der Waals surface area (Å²) < 4.78 is 37.7. The van der Waals surface area contributed by atoms with E-state index in [9.17, 15) is 18.0 Å². The second kappa shape index (κ2) is 14.4. The number of carbonyl (C=O) groups excluding carboxylic acids is 2. The topological polar surface area (TPSA) is 119 Å². The summed E-state index contributed by atoms with van der Waals surface area (Å²) in [5.41, 5.74) is 7.74. The summed E-state index contributed by atoms with van der Waals surface area (Å²) in [6, 6.07) is 12.2. The number of methoxy groups -OCH3 is 1. The SMILES string of the molecule is CCn1ncc(C(=O)N2C[C@@H](C)N(C)[C@@H](C)C2)c1C1=Cc2cc(OC)ccc2-c2c(C3CCCCC3)c3ccc(C(=O)NS(=O)(=O)C(C)C)cc3n2C1. The molecule has 2 atom stereocenters. The van der Waals surface area contributed by atoms with Crippen molar-refractivity contribution in [2.75, 3.05) is 27.2 Å². The van der Waals surface area contributed by atoms with E-state index in [0.717, 1.165) is 70.4 Å². The molecule has 12 heteroatoms. The minimum absolute atomic E-state index is 0.0340. The van der Waals surface area contributed by atoms with Crippen LogP contribution in [0.3, 0.4) is 0 Å². The first-order chi connectivity index (χ1) is 25.3. The molecule has 1 N–H and O–H groups in total. The number of ether oxygens (including phenoxy) is 1. The maximum absolute atomic E-state index is 14.5. The van der Waals surface area contributed by atoms with Crippen molar-refractivity contribution in [3.8, 4) is 17.0 Å². The smallest absolute Gasteiger partial charge is 0.264 e. The number of piperazine rings is 1. The lowest BCUT2D eigenvalue weighted by molar-refractivity contribution is 0.0414. The minimum Gasteiger partial charge on any atom is -0.497 e. The lowest BCUT2D eigenvalue weighted by atomic mass is 9.81. The molecule has 0 spiro atoms. The number of hydrogen-bond acceptors (Lipinski definition) is 7. The van der Waals surface area contributed by atoms with E-state index in [1.54, 1.807) is 33.2 Å². The van der Waals surface area contributed by atoms with Crippen LogP contribution in [0.4, 0.5) is 0 Å². The largest absolute Gasteiger partial charge is 0.497 e. The third kappa shape index (κ3) is 6.69. The summed E-state index contributed by atoms with van der Waals surface area (Å²) in [7, 11) is -0.0577. The van der Waals surface area contributed by atoms with Crippen LogP contribution < -0.4 is 9.46 Å². The van der Waals surface area contributed by atoms with Gasteiger partial charge in [-0.25, -0.2) is 13.1 Å². The van der Waals surface area contributed by atoms with Gasteiger partial charge in [0.2, 0.25) is 10.0 Å². The average Bonchev–Trinajstić information content (AvgIpc) is 3.67. The predicted molar refractivity (Wildman–Crippen MR) is 210 cm³/mol. The Bertz CT molecular complexity index is 2200. The fourth-order valence-electron chi connectivity index (χ4n) is 8.49. The Morgan fingerprint density at radius 3 is 2.38 bits per heavy atom. The van der Waals surface area contributed by atoms with Gasteiger partial charge >= 0.3 is 0 Å². The first-order valence-corrected chi connectivity index (χ1v) is 20.6. The van der Waals surface area contributed by atoms with Crippen molar-refractivity contribution in [3.63, 3.8) is 0 Å². The first-order valence-electron chi connectivity index (χ1n) is 19.0. The zero-order chi connectivity index (χ0) is 37.8. The molecule has 1 saturated heterocycles. The number of rotatable bonds is 8. The molecule has 7 rings (SSSR count). The molecule has 4 aromatic rings. The van der Waals surface area contributed by atoms with Crippen molar-refractivity contribution in [2.24, 2.45) is 0 Å². The fraction of sp³-hybridized carbons (Fsp3) is 0.488. The van der Waals surface area contributed by atoms with Crippen LogP contribution in [0.2, 0.25) is 0 Å². The van der Waals surface area contributed by atoms with Crippen molar-refractivity contribution in [2.45, 2.75) is 103 Å². The molecule has 2 fully saturated rings. The van der Waals surface area contributed by atoms with Crippen molar-refractivity contribution >= 4 is 44.4 Å². The highest BCUT2D eigenvalue weighted by Gasteiger charge is 2.35. The first kappa shape index (κ1) is 36.9. The van der Waals surface area contributed by atoms with Crippen LogP contribution in [0.5, 0.6) is 5.75 Å². The number of likely N-dealkylation sites (N-methyl/N-ethyl adjacent to an activating group) is 1. The number of nitrogens with zero attached hydrogens (tertiary/aromatic N) is 5. The lowest BCUT2D eigenvalue weighted by Gasteiger charge is -2.42. The summed E-state index contributed by atoms with van der Waals surface area (Å²) in [6.45, 7) is 11.7. The Labute approximate surface area is 313 Å². The van der Waals surface area contributed by atoms with Gasteiger partial charge < -0.3 is 14.2 Å². The van der Waals surface area contributed by atoms with Crippen molar-refractivity contribution < 1.29 is 22.7 Å². The Morgan fingerprint density at radius 1 is 1.00 bits per heavy atom. The summed E-state index contributed by atoms with van der Waals surface area (Å²) in [5, 5.41) is 5.06. The fourth-order valence-corrected chi connectivity index (χ4v) is 9.11. The van der Waals surface area contributed by atoms with Gasteiger partial charge in [-0.05, 0) is 114 Å². The van der Waals surface area contributed by atoms with Crippen molar-refractivity contribution in [1.29, 1.82) is 0 Å². The molecule has 1 saturated carbocycles. The molecule has 0 radical (unpaired) electrons. The van der Waals surface area contributed by atoms with Crippen LogP contribution in [-0.2, 0) is 23.1 Å². The number of aryl methyl sites for hydroxylation is 1. The average molecular weight is 741 g/mol. The van der Waals surface area contributed by atoms with Gasteiger partial charge in [-0.3, -0.25) is 19.2 Å². The molecule has 4 heterocycles. The minimum atomic E-state index is -3.83. The van der Waals surface area contributed by atoms with E-state index < -0.39 is 21.2 Å². The third-order valence-electron chi connectivity index (χ3n) is 11.7. The number of aromatic nitrogens is 3. The molecule has 0 unspecified atom stereocenters. The Morgan fingerprint density at radius 2 is 1.72 bits per heavy atom. The number of benzene rings is 2. The summed E-state index contributed by atoms with van der Waals surface area (Å²) in [4.78, 5) is 32.3. The quantitative estimate of drug-likeness (QED) is 0.212. The van der Waals surface area contributed by atoms with Gasteiger partial charge in [-0.15, -0.1) is 0 Å². The molecular weight excluding hydrogens is 689 g/mol. The van der Waals surface area contributed by atoms with Gasteiger partial charge in [0.1, 0.15) is 5.75 Å². The lowest BCUT2D eigenvalue weighted by Crippen LogP contribution is -2.56. The number of amides is 2. The summed E-state index contributed by atoms with van der Waals surface area (Å²) >= 11 is 0. The molecule has 1 aliphatic carbocycles. The molecule has 11 nitrogen and oxygen atoms in total. The van der Waals surface area contributed by atoms with Gasteiger partial charge in [0.15, 0.2) is 0 Å². The second-order valence-electron chi connectivity index (χ2n) is 15.4. The van der Waals surface area contributed by atoms with Gasteiger partial charge in [0.05, 0.1) is 42.1 Å². The van der Waals surface area contributed by atoms with Crippen LogP contribution >= 0.6 is 0 Å². The Kier molecular flexibility index (Phi) is 10.1. The highest BCUT2D eigenvalue weighted by atomic mass is 32.2. The van der Waals surface area contributed by atoms with Gasteiger partial charge in [-0.2, -0.15) is 5.10 Å². The van der Waals surface area contributed by atoms with Gasteiger partial charge in [0.25, 0.3) is 11.8 Å². The number of hydrogen-bond donors (Lipinski definition) is 1. The number of nitrogens with one attached hydrogen (secondary N) is 1. The monoisotopic (exact) mass is 740 g/mol. The van der Waals surface area contributed by atoms with E-state index in [1.807, 2.05) is 34.7 Å². The maximum atomic E-state index is 14.5. The van der Waals surface area contributed by atoms with Crippen LogP contribution in [0.15, 0.2) is 42.6 Å². The van der Waals surface area contributed by atoms with Gasteiger partial charge in [0, 0.05) is 53.7 Å². The van der Waals surface area contributed by atoms with E-state index in [-0.39, 0.29) is 23.6 Å². The molecule has 2 aliphatic heterocycles. The van der Waals surface area contributed by atoms with Crippen LogP contribution in [-0.4, -0.2) is 89.0 Å². The van der Waals surface area contributed by atoms with Crippen LogP contribution in [0.25, 0.3) is 33.8 Å². The summed E-state index contributed by atoms with van der Waals surface area (Å²) in [6.07, 6.45) is 9.52. The van der Waals surface area contributed by atoms with Crippen LogP contribution in [0.1, 0.15) is 110 Å². The van der Waals surface area contributed by atoms with E-state index in [1.165, 1.54) is 12.0 Å². The molecule has 0 bridgehead atoms. The van der Waals surface area contributed by atoms with E-state index >= 15 is 0 Å². The van der Waals surface area contributed by atoms with Crippen molar-refractivity contribution in [1.82, 2.24) is 28.9 Å². The Hall–Kier alpha value is -4.42. The van der Waals surface area contributed by atoms with E-state index in [4.69, 9.17) is 9.84 Å². The Balaban J connectivity index is 1.44. The van der Waals surface area contributed by atoms with Gasteiger partial charge in [-0.1, -0.05) is 25.3 Å². The van der Waals surface area contributed by atoms with E-state index in [0.29, 0.717) is 37.7 Å². The highest BCUT2D eigenvalue weighted by Crippen LogP contribution is 2.48. The highest BCUT2D eigenvalue weighted by molar-refractivity contribution is 7.90. The zero-order valence-corrected chi connectivity index (χ0v) is 32.8. The molecule has 2 aromatic heterocycles. The number of carbonyl (C=O) groups is 2. The predicted octanol–water partition coefficient (Wildman–Crippen LogP) is 6.77. The third-order valence-corrected chi connectivity index (χ3v) is 13.4. The van der Waals surface area contributed by atoms with Crippen LogP contribution in [0, 0.1) is 0 Å². The molecule has 282 valence electrons. The number of fused-ring (bicyclic) bond motifs is 5. The zero-order valence-electron chi connectivity index (χ0n) is 32.0. The standard InChI is InChI=1S/C41H52N6O5S/c1-8-47-38(35(21-42-47)41(49)45-22-26(4)44(6)27(5)23-45)31-18-30-19-32(52-7)15-17-33(30)39-37(28-12-10-9-11-13-28)34-16-14-29(20-36(34)46(39)24-31)40(48)43-53(50,51)25(2)3/h14-21,25-28H,8-13,22-24H2,1-7H3,(H,43,48)/t26-,27+. The molecule has 2 amide bonds. The number of sulfonamides is 1.